The summed E-state index contributed by atoms with van der Waals surface area (Å²) in [6.07, 6.45) is 3.44. The van der Waals surface area contributed by atoms with Crippen molar-refractivity contribution in [1.29, 1.82) is 0 Å². The number of aryl methyl sites for hydroxylation is 1. The van der Waals surface area contributed by atoms with E-state index in [1.165, 1.54) is 22.1 Å². The second kappa shape index (κ2) is 6.13. The lowest BCUT2D eigenvalue weighted by Crippen LogP contribution is -2.37. The Bertz CT molecular complexity index is 889. The first-order valence-corrected chi connectivity index (χ1v) is 8.26. The summed E-state index contributed by atoms with van der Waals surface area (Å²) in [4.78, 5) is 12.3. The Morgan fingerprint density at radius 1 is 1.33 bits per heavy atom. The van der Waals surface area contributed by atoms with Crippen LogP contribution in [0.3, 0.4) is 0 Å². The summed E-state index contributed by atoms with van der Waals surface area (Å²) in [5.74, 6) is 0.581. The molecule has 9 nitrogen and oxygen atoms in total. The molecule has 2 atom stereocenters. The van der Waals surface area contributed by atoms with Gasteiger partial charge in [0.15, 0.2) is 5.82 Å². The van der Waals surface area contributed by atoms with Gasteiger partial charge in [-0.3, -0.25) is 4.79 Å². The fraction of sp³-hybridized carbons (Fsp3) is 0.357. The lowest BCUT2D eigenvalue weighted by molar-refractivity contribution is 0.182. The van der Waals surface area contributed by atoms with E-state index in [0.717, 1.165) is 5.01 Å². The van der Waals surface area contributed by atoms with Crippen LogP contribution in [-0.2, 0) is 4.74 Å². The molecule has 0 radical (unpaired) electrons. The van der Waals surface area contributed by atoms with E-state index in [2.05, 4.69) is 25.7 Å². The van der Waals surface area contributed by atoms with Crippen molar-refractivity contribution < 1.29 is 4.74 Å². The highest BCUT2D eigenvalue weighted by Crippen LogP contribution is 2.23. The van der Waals surface area contributed by atoms with E-state index < -0.39 is 0 Å². The molecular weight excluding hydrogens is 330 g/mol. The number of ether oxygens (including phenoxy) is 1. The highest BCUT2D eigenvalue weighted by Gasteiger charge is 2.32. The minimum absolute atomic E-state index is 0.101. The summed E-state index contributed by atoms with van der Waals surface area (Å²) in [5, 5.41) is 21.5. The van der Waals surface area contributed by atoms with E-state index >= 15 is 0 Å². The van der Waals surface area contributed by atoms with Crippen LogP contribution >= 0.6 is 11.3 Å². The van der Waals surface area contributed by atoms with Crippen molar-refractivity contribution in [3.8, 4) is 5.82 Å². The quantitative estimate of drug-likeness (QED) is 0.741. The van der Waals surface area contributed by atoms with Gasteiger partial charge in [0.1, 0.15) is 11.0 Å². The lowest BCUT2D eigenvalue weighted by Gasteiger charge is -2.20. The van der Waals surface area contributed by atoms with Gasteiger partial charge >= 0.3 is 0 Å². The van der Waals surface area contributed by atoms with E-state index in [-0.39, 0.29) is 17.6 Å². The summed E-state index contributed by atoms with van der Waals surface area (Å²) in [7, 11) is 0. The molecule has 1 aliphatic rings. The van der Waals surface area contributed by atoms with Gasteiger partial charge in [0.25, 0.3) is 5.56 Å². The average Bonchev–Trinajstić information content (AvgIpc) is 3.31. The minimum Gasteiger partial charge on any atom is -0.377 e. The molecule has 24 heavy (non-hydrogen) atoms. The number of nitrogens with one attached hydrogen (secondary N) is 1. The van der Waals surface area contributed by atoms with Crippen molar-refractivity contribution >= 4 is 16.5 Å². The van der Waals surface area contributed by atoms with Gasteiger partial charge in [0, 0.05) is 18.5 Å². The van der Waals surface area contributed by atoms with Crippen molar-refractivity contribution in [1.82, 2.24) is 29.8 Å². The Kier molecular flexibility index (Phi) is 3.82. The maximum Gasteiger partial charge on any atom is 0.267 e. The second-order valence-electron chi connectivity index (χ2n) is 5.41. The molecule has 4 heterocycles. The number of aromatic nitrogens is 6. The normalized spacial score (nSPS) is 20.4. The van der Waals surface area contributed by atoms with Crippen LogP contribution in [0.15, 0.2) is 35.4 Å². The van der Waals surface area contributed by atoms with E-state index in [0.29, 0.717) is 24.2 Å². The Hall–Kier alpha value is -2.59. The van der Waals surface area contributed by atoms with Gasteiger partial charge in [-0.25, -0.2) is 9.36 Å². The first-order valence-electron chi connectivity index (χ1n) is 7.45. The molecule has 1 N–H and O–H groups in total. The Labute approximate surface area is 140 Å². The van der Waals surface area contributed by atoms with E-state index in [1.807, 2.05) is 6.92 Å². The van der Waals surface area contributed by atoms with Crippen LogP contribution in [0, 0.1) is 6.92 Å². The number of anilines is 1. The minimum atomic E-state index is -0.225. The molecule has 124 valence electrons. The molecule has 0 amide bonds. The zero-order valence-corrected chi connectivity index (χ0v) is 13.7. The number of hydrogen-bond donors (Lipinski definition) is 1. The van der Waals surface area contributed by atoms with Gasteiger partial charge in [-0.1, -0.05) is 11.3 Å². The SMILES string of the molecule is Cc1nnc(NC2COCC2n2nc(-n3cccn3)ccc2=O)s1. The molecule has 3 aromatic rings. The molecule has 1 aliphatic heterocycles. The fourth-order valence-electron chi connectivity index (χ4n) is 2.61. The van der Waals surface area contributed by atoms with Crippen molar-refractivity contribution in [2.75, 3.05) is 18.5 Å². The third kappa shape index (κ3) is 2.81. The molecular formula is C14H15N7O2S. The monoisotopic (exact) mass is 345 g/mol. The lowest BCUT2D eigenvalue weighted by atomic mass is 10.2. The van der Waals surface area contributed by atoms with Crippen LogP contribution in [0.1, 0.15) is 11.0 Å². The highest BCUT2D eigenvalue weighted by atomic mass is 32.1. The average molecular weight is 345 g/mol. The first kappa shape index (κ1) is 15.0. The zero-order chi connectivity index (χ0) is 16.5. The van der Waals surface area contributed by atoms with Crippen LogP contribution in [0.2, 0.25) is 0 Å². The smallest absolute Gasteiger partial charge is 0.267 e. The fourth-order valence-corrected chi connectivity index (χ4v) is 3.27. The number of rotatable bonds is 4. The standard InChI is InChI=1S/C14H15N7O2S/c1-9-17-18-14(24-9)16-10-7-23-8-11(10)21-13(22)4-3-12(19-21)20-6-2-5-15-20/h2-6,10-11H,7-8H2,1H3,(H,16,18). The van der Waals surface area contributed by atoms with E-state index in [1.54, 1.807) is 29.2 Å². The van der Waals surface area contributed by atoms with Crippen LogP contribution in [-0.4, -0.2) is 49.0 Å². The van der Waals surface area contributed by atoms with Gasteiger partial charge in [-0.05, 0) is 19.1 Å². The largest absolute Gasteiger partial charge is 0.377 e. The zero-order valence-electron chi connectivity index (χ0n) is 12.9. The number of nitrogens with zero attached hydrogens (tertiary/aromatic N) is 6. The first-order chi connectivity index (χ1) is 11.7. The maximum absolute atomic E-state index is 12.3. The van der Waals surface area contributed by atoms with E-state index in [9.17, 15) is 4.79 Å². The Morgan fingerprint density at radius 3 is 3.00 bits per heavy atom. The summed E-state index contributed by atoms with van der Waals surface area (Å²) >= 11 is 1.47. The molecule has 0 saturated carbocycles. The molecule has 1 fully saturated rings. The molecule has 0 bridgehead atoms. The van der Waals surface area contributed by atoms with Crippen LogP contribution in [0.4, 0.5) is 5.13 Å². The molecule has 0 aliphatic carbocycles. The molecule has 0 spiro atoms. The van der Waals surface area contributed by atoms with Gasteiger partial charge in [-0.2, -0.15) is 5.10 Å². The third-order valence-electron chi connectivity index (χ3n) is 3.75. The Balaban J connectivity index is 1.64. The predicted octanol–water partition coefficient (Wildman–Crippen LogP) is 0.641. The topological polar surface area (TPSA) is 99.8 Å². The van der Waals surface area contributed by atoms with Gasteiger partial charge in [-0.15, -0.1) is 15.3 Å². The van der Waals surface area contributed by atoms with Crippen molar-refractivity contribution in [3.05, 3.63) is 46.0 Å². The third-order valence-corrected chi connectivity index (χ3v) is 4.52. The molecule has 4 rings (SSSR count). The molecule has 3 aromatic heterocycles. The van der Waals surface area contributed by atoms with Crippen LogP contribution in [0.25, 0.3) is 5.82 Å². The molecule has 10 heteroatoms. The van der Waals surface area contributed by atoms with E-state index in [4.69, 9.17) is 4.74 Å². The second-order valence-corrected chi connectivity index (χ2v) is 6.59. The van der Waals surface area contributed by atoms with Gasteiger partial charge < -0.3 is 10.1 Å². The predicted molar refractivity (Wildman–Crippen MR) is 87.5 cm³/mol. The summed E-state index contributed by atoms with van der Waals surface area (Å²) in [5.41, 5.74) is -0.179. The summed E-state index contributed by atoms with van der Waals surface area (Å²) in [6.45, 7) is 2.78. The maximum atomic E-state index is 12.3. The summed E-state index contributed by atoms with van der Waals surface area (Å²) < 4.78 is 8.63. The van der Waals surface area contributed by atoms with Crippen molar-refractivity contribution in [2.45, 2.75) is 19.0 Å². The Morgan fingerprint density at radius 2 is 2.25 bits per heavy atom. The van der Waals surface area contributed by atoms with Crippen molar-refractivity contribution in [3.63, 3.8) is 0 Å². The summed E-state index contributed by atoms with van der Waals surface area (Å²) in [6, 6.07) is 4.62. The van der Waals surface area contributed by atoms with Gasteiger partial charge in [0.05, 0.1) is 19.3 Å². The van der Waals surface area contributed by atoms with Crippen LogP contribution in [0.5, 0.6) is 0 Å². The molecule has 0 aromatic carbocycles. The number of hydrogen-bond acceptors (Lipinski definition) is 8. The highest BCUT2D eigenvalue weighted by molar-refractivity contribution is 7.15. The molecule has 2 unspecified atom stereocenters. The van der Waals surface area contributed by atoms with Crippen molar-refractivity contribution in [2.24, 2.45) is 0 Å². The van der Waals surface area contributed by atoms with Gasteiger partial charge in [0.2, 0.25) is 5.13 Å². The van der Waals surface area contributed by atoms with Crippen LogP contribution < -0.4 is 10.9 Å². The molecule has 1 saturated heterocycles.